The van der Waals surface area contributed by atoms with Gasteiger partial charge in [-0.3, -0.25) is 0 Å². The summed E-state index contributed by atoms with van der Waals surface area (Å²) in [5.41, 5.74) is 0. The summed E-state index contributed by atoms with van der Waals surface area (Å²) < 4.78 is 28.3. The summed E-state index contributed by atoms with van der Waals surface area (Å²) >= 11 is 0. The van der Waals surface area contributed by atoms with Crippen LogP contribution in [0.15, 0.2) is 12.2 Å². The molecule has 0 aromatic carbocycles. The third-order valence-electron chi connectivity index (χ3n) is 1.61. The number of ether oxygens (including phenoxy) is 1. The number of hydrogen-bond donors (Lipinski definition) is 0. The summed E-state index contributed by atoms with van der Waals surface area (Å²) in [5.74, 6) is -0.362. The second kappa shape index (κ2) is 8.87. The van der Waals surface area contributed by atoms with Gasteiger partial charge in [0, 0.05) is 6.08 Å². The van der Waals surface area contributed by atoms with Gasteiger partial charge in [-0.25, -0.2) is 13.6 Å². The van der Waals surface area contributed by atoms with Crippen molar-refractivity contribution in [2.75, 3.05) is 6.61 Å². The van der Waals surface area contributed by atoms with Crippen molar-refractivity contribution in [2.24, 2.45) is 0 Å². The maximum Gasteiger partial charge on any atom is 0.330 e. The van der Waals surface area contributed by atoms with Gasteiger partial charge in [0.2, 0.25) is 6.05 Å². The lowest BCUT2D eigenvalue weighted by Crippen LogP contribution is -2.05. The average Bonchev–Trinajstić information content (AvgIpc) is 2.11. The Kier molecular flexibility index (Phi) is 8.41. The zero-order chi connectivity index (χ0) is 10.8. The van der Waals surface area contributed by atoms with Crippen molar-refractivity contribution in [1.82, 2.24) is 0 Å². The van der Waals surface area contributed by atoms with Crippen LogP contribution in [0.5, 0.6) is 0 Å². The van der Waals surface area contributed by atoms with E-state index in [1.807, 2.05) is 0 Å². The molecule has 0 bridgehead atoms. The van der Waals surface area contributed by atoms with Gasteiger partial charge in [0.1, 0.15) is 9.52 Å². The Hall–Kier alpha value is -0.713. The van der Waals surface area contributed by atoms with Crippen LogP contribution in [0.4, 0.5) is 8.78 Å². The molecule has 0 N–H and O–H groups in total. The van der Waals surface area contributed by atoms with Crippen LogP contribution in [-0.2, 0) is 9.53 Å². The van der Waals surface area contributed by atoms with E-state index in [2.05, 4.69) is 0 Å². The number of unbranched alkanes of at least 4 members (excludes halogenated alkanes) is 1. The molecular weight excluding hydrogens is 206 g/mol. The fourth-order valence-corrected chi connectivity index (χ4v) is 1.89. The minimum absolute atomic E-state index is 0.334. The normalized spacial score (nSPS) is 12.0. The Balaban J connectivity index is 3.17. The fourth-order valence-electron chi connectivity index (χ4n) is 0.934. The standard InChI is InChI=1S/C9H16F2O2Si/c1-2-5-8(12)13-6-3-4-7-14-9(10)11/h2,5,9H,3-4,6-7,14H2,1H3. The highest BCUT2D eigenvalue weighted by Crippen LogP contribution is 2.00. The number of allylic oxidation sites excluding steroid dienone is 1. The van der Waals surface area contributed by atoms with Gasteiger partial charge in [-0.1, -0.05) is 18.5 Å². The minimum Gasteiger partial charge on any atom is -0.463 e. The minimum atomic E-state index is -2.08. The first kappa shape index (κ1) is 13.3. The third-order valence-corrected chi connectivity index (χ3v) is 2.96. The first-order valence-corrected chi connectivity index (χ1v) is 6.56. The van der Waals surface area contributed by atoms with Gasteiger partial charge < -0.3 is 4.74 Å². The van der Waals surface area contributed by atoms with Crippen LogP contribution in [0.2, 0.25) is 6.04 Å². The Morgan fingerprint density at radius 2 is 2.21 bits per heavy atom. The van der Waals surface area contributed by atoms with Gasteiger partial charge in [-0.05, 0) is 13.3 Å². The highest BCUT2D eigenvalue weighted by molar-refractivity contribution is 6.36. The molecule has 0 aromatic heterocycles. The van der Waals surface area contributed by atoms with E-state index in [1.54, 1.807) is 13.0 Å². The monoisotopic (exact) mass is 222 g/mol. The van der Waals surface area contributed by atoms with Gasteiger partial charge >= 0.3 is 5.97 Å². The molecule has 0 fully saturated rings. The SMILES string of the molecule is CC=CC(=O)OCCCC[SiH2]C(F)F. The van der Waals surface area contributed by atoms with E-state index in [4.69, 9.17) is 4.74 Å². The molecule has 82 valence electrons. The lowest BCUT2D eigenvalue weighted by Gasteiger charge is -2.01. The number of carbonyl (C=O) groups is 1. The van der Waals surface area contributed by atoms with Crippen molar-refractivity contribution in [3.63, 3.8) is 0 Å². The lowest BCUT2D eigenvalue weighted by atomic mass is 10.3. The highest BCUT2D eigenvalue weighted by atomic mass is 28.2. The molecule has 2 nitrogen and oxygen atoms in total. The predicted molar refractivity (Wildman–Crippen MR) is 54.4 cm³/mol. The van der Waals surface area contributed by atoms with Crippen LogP contribution in [0.3, 0.4) is 0 Å². The Bertz CT molecular complexity index is 184. The molecular formula is C9H16F2O2Si. The van der Waals surface area contributed by atoms with Gasteiger partial charge in [0.25, 0.3) is 0 Å². The topological polar surface area (TPSA) is 26.3 Å². The maximum absolute atomic E-state index is 11.7. The summed E-state index contributed by atoms with van der Waals surface area (Å²) in [6, 6.07) is -1.46. The summed E-state index contributed by atoms with van der Waals surface area (Å²) in [4.78, 5) is 10.8. The summed E-state index contributed by atoms with van der Waals surface area (Å²) in [7, 11) is -1.20. The van der Waals surface area contributed by atoms with Crippen LogP contribution in [0.1, 0.15) is 19.8 Å². The van der Waals surface area contributed by atoms with Crippen molar-refractivity contribution >= 4 is 15.5 Å². The zero-order valence-corrected chi connectivity index (χ0v) is 9.75. The lowest BCUT2D eigenvalue weighted by molar-refractivity contribution is -0.137. The molecule has 0 aliphatic heterocycles. The number of rotatable bonds is 7. The molecule has 0 radical (unpaired) electrons. The molecule has 0 aliphatic rings. The van der Waals surface area contributed by atoms with Crippen molar-refractivity contribution in [2.45, 2.75) is 31.9 Å². The van der Waals surface area contributed by atoms with E-state index in [9.17, 15) is 13.6 Å². The van der Waals surface area contributed by atoms with E-state index in [1.165, 1.54) is 6.08 Å². The van der Waals surface area contributed by atoms with E-state index >= 15 is 0 Å². The Labute approximate surface area is 85.1 Å². The molecule has 0 spiro atoms. The highest BCUT2D eigenvalue weighted by Gasteiger charge is 2.02. The molecule has 14 heavy (non-hydrogen) atoms. The number of carbonyl (C=O) groups excluding carboxylic acids is 1. The molecule has 0 heterocycles. The number of esters is 1. The largest absolute Gasteiger partial charge is 0.463 e. The summed E-state index contributed by atoms with van der Waals surface area (Å²) in [6.07, 6.45) is 4.36. The van der Waals surface area contributed by atoms with Crippen LogP contribution >= 0.6 is 0 Å². The molecule has 0 atom stereocenters. The van der Waals surface area contributed by atoms with Gasteiger partial charge in [-0.15, -0.1) is 0 Å². The predicted octanol–water partition coefficient (Wildman–Crippen LogP) is 1.70. The molecule has 5 heteroatoms. The van der Waals surface area contributed by atoms with Crippen molar-refractivity contribution in [3.8, 4) is 0 Å². The van der Waals surface area contributed by atoms with E-state index in [0.717, 1.165) is 6.42 Å². The molecule has 0 aliphatic carbocycles. The van der Waals surface area contributed by atoms with E-state index < -0.39 is 15.6 Å². The molecule has 0 unspecified atom stereocenters. The number of hydrogen-bond acceptors (Lipinski definition) is 2. The van der Waals surface area contributed by atoms with Crippen LogP contribution in [-0.4, -0.2) is 28.1 Å². The quantitative estimate of drug-likeness (QED) is 0.284. The summed E-state index contributed by atoms with van der Waals surface area (Å²) in [5, 5.41) is 0. The van der Waals surface area contributed by atoms with Gasteiger partial charge in [0.05, 0.1) is 6.61 Å². The molecule has 0 saturated heterocycles. The average molecular weight is 222 g/mol. The number of alkyl halides is 2. The first-order chi connectivity index (χ1) is 6.66. The van der Waals surface area contributed by atoms with Crippen molar-refractivity contribution in [1.29, 1.82) is 0 Å². The van der Waals surface area contributed by atoms with Crippen molar-refractivity contribution < 1.29 is 18.3 Å². The fraction of sp³-hybridized carbons (Fsp3) is 0.667. The summed E-state index contributed by atoms with van der Waals surface area (Å²) in [6.45, 7) is 2.07. The van der Waals surface area contributed by atoms with E-state index in [0.29, 0.717) is 19.1 Å². The molecule has 0 aromatic rings. The Morgan fingerprint density at radius 3 is 2.79 bits per heavy atom. The smallest absolute Gasteiger partial charge is 0.330 e. The van der Waals surface area contributed by atoms with Gasteiger partial charge in [0.15, 0.2) is 0 Å². The Morgan fingerprint density at radius 1 is 1.50 bits per heavy atom. The van der Waals surface area contributed by atoms with Crippen LogP contribution in [0, 0.1) is 0 Å². The second-order valence-electron chi connectivity index (χ2n) is 2.91. The molecule has 0 rings (SSSR count). The second-order valence-corrected chi connectivity index (χ2v) is 4.81. The number of halogens is 2. The zero-order valence-electron chi connectivity index (χ0n) is 8.34. The molecule has 0 amide bonds. The van der Waals surface area contributed by atoms with Gasteiger partial charge in [-0.2, -0.15) is 0 Å². The van der Waals surface area contributed by atoms with E-state index in [-0.39, 0.29) is 5.97 Å². The van der Waals surface area contributed by atoms with Crippen LogP contribution in [0.25, 0.3) is 0 Å². The maximum atomic E-state index is 11.7. The molecule has 0 saturated carbocycles. The third kappa shape index (κ3) is 9.38. The van der Waals surface area contributed by atoms with Crippen molar-refractivity contribution in [3.05, 3.63) is 12.2 Å². The van der Waals surface area contributed by atoms with Crippen LogP contribution < -0.4 is 0 Å². The first-order valence-electron chi connectivity index (χ1n) is 4.74.